The Labute approximate surface area is 55.7 Å². The number of halogens is 4. The summed E-state index contributed by atoms with van der Waals surface area (Å²) < 4.78 is 45.9. The molecule has 0 saturated heterocycles. The highest BCUT2D eigenvalue weighted by atomic mass is 19.4. The van der Waals surface area contributed by atoms with Crippen LogP contribution in [0.2, 0.25) is 0 Å². The lowest BCUT2D eigenvalue weighted by atomic mass is 10.2. The Hall–Kier alpha value is -0.320. The first-order valence-corrected chi connectivity index (χ1v) is 2.77. The van der Waals surface area contributed by atoms with Gasteiger partial charge < -0.3 is 5.11 Å². The first-order valence-electron chi connectivity index (χ1n) is 2.77. The van der Waals surface area contributed by atoms with Crippen LogP contribution in [-0.4, -0.2) is 24.1 Å². The number of hydrogen-bond acceptors (Lipinski definition) is 1. The summed E-state index contributed by atoms with van der Waals surface area (Å²) in [6.45, 7) is -0.544. The zero-order valence-electron chi connectivity index (χ0n) is 5.16. The maximum atomic E-state index is 12.0. The predicted molar refractivity (Wildman–Crippen MR) is 27.3 cm³/mol. The highest BCUT2D eigenvalue weighted by Gasteiger charge is 2.31. The third-order valence-electron chi connectivity index (χ3n) is 0.895. The molecule has 10 heavy (non-hydrogen) atoms. The van der Waals surface area contributed by atoms with E-state index in [1.54, 1.807) is 0 Å². The van der Waals surface area contributed by atoms with Crippen LogP contribution in [0.25, 0.3) is 0 Å². The fourth-order valence-corrected chi connectivity index (χ4v) is 0.493. The van der Waals surface area contributed by atoms with E-state index < -0.39 is 31.8 Å². The molecule has 0 aromatic heterocycles. The zero-order chi connectivity index (χ0) is 8.20. The van der Waals surface area contributed by atoms with Gasteiger partial charge in [-0.2, -0.15) is 13.2 Å². The second-order valence-electron chi connectivity index (χ2n) is 1.93. The zero-order valence-corrected chi connectivity index (χ0v) is 5.16. The van der Waals surface area contributed by atoms with Crippen molar-refractivity contribution in [1.82, 2.24) is 0 Å². The molecule has 1 N–H and O–H groups in total. The van der Waals surface area contributed by atoms with Crippen LogP contribution in [0, 0.1) is 0 Å². The van der Waals surface area contributed by atoms with Gasteiger partial charge in [0.2, 0.25) is 0 Å². The van der Waals surface area contributed by atoms with Crippen molar-refractivity contribution < 1.29 is 22.7 Å². The summed E-state index contributed by atoms with van der Waals surface area (Å²) in [5.74, 6) is 0. The van der Waals surface area contributed by atoms with Gasteiger partial charge in [-0.25, -0.2) is 4.39 Å². The van der Waals surface area contributed by atoms with Gasteiger partial charge in [0.25, 0.3) is 0 Å². The van der Waals surface area contributed by atoms with Crippen LogP contribution >= 0.6 is 0 Å². The summed E-state index contributed by atoms with van der Waals surface area (Å²) in [6.07, 6.45) is -8.34. The summed E-state index contributed by atoms with van der Waals surface area (Å²) in [4.78, 5) is 0. The van der Waals surface area contributed by atoms with Gasteiger partial charge in [-0.05, 0) is 0 Å². The molecule has 5 heteroatoms. The van der Waals surface area contributed by atoms with Crippen molar-refractivity contribution in [2.75, 3.05) is 6.61 Å². The normalized spacial score (nSPS) is 15.3. The molecule has 0 aromatic carbocycles. The van der Waals surface area contributed by atoms with Gasteiger partial charge in [0.1, 0.15) is 6.17 Å². The summed E-state index contributed by atoms with van der Waals surface area (Å²) in [5, 5.41) is 8.03. The van der Waals surface area contributed by atoms with Gasteiger partial charge in [-0.3, -0.25) is 0 Å². The Morgan fingerprint density at radius 2 is 1.80 bits per heavy atom. The van der Waals surface area contributed by atoms with Gasteiger partial charge in [0, 0.05) is 13.0 Å². The van der Waals surface area contributed by atoms with E-state index in [9.17, 15) is 17.6 Å². The van der Waals surface area contributed by atoms with Gasteiger partial charge in [-0.15, -0.1) is 0 Å². The van der Waals surface area contributed by atoms with Crippen molar-refractivity contribution in [3.05, 3.63) is 0 Å². The predicted octanol–water partition coefficient (Wildman–Crippen LogP) is 1.66. The van der Waals surface area contributed by atoms with Gasteiger partial charge in [-0.1, -0.05) is 0 Å². The number of rotatable bonds is 3. The Morgan fingerprint density at radius 3 is 2.10 bits per heavy atom. The van der Waals surface area contributed by atoms with E-state index in [0.717, 1.165) is 0 Å². The summed E-state index contributed by atoms with van der Waals surface area (Å²) in [6, 6.07) is 0. The van der Waals surface area contributed by atoms with Crippen LogP contribution in [0.3, 0.4) is 0 Å². The smallest absolute Gasteiger partial charge is 0.391 e. The molecule has 0 aliphatic heterocycles. The summed E-state index contributed by atoms with van der Waals surface area (Å²) in [5.41, 5.74) is 0. The molecule has 0 rings (SSSR count). The molecular weight excluding hydrogens is 152 g/mol. The van der Waals surface area contributed by atoms with Crippen molar-refractivity contribution in [2.24, 2.45) is 0 Å². The number of aliphatic hydroxyl groups excluding tert-OH is 1. The van der Waals surface area contributed by atoms with E-state index in [2.05, 4.69) is 0 Å². The molecule has 1 unspecified atom stereocenters. The first-order chi connectivity index (χ1) is 4.45. The lowest BCUT2D eigenvalue weighted by molar-refractivity contribution is -0.147. The van der Waals surface area contributed by atoms with Gasteiger partial charge in [0.15, 0.2) is 0 Å². The first kappa shape index (κ1) is 9.68. The molecule has 1 atom stereocenters. The molecule has 0 radical (unpaired) electrons. The lowest BCUT2D eigenvalue weighted by Crippen LogP contribution is -2.16. The molecule has 0 heterocycles. The number of hydrogen-bond donors (Lipinski definition) is 1. The highest BCUT2D eigenvalue weighted by molar-refractivity contribution is 4.61. The highest BCUT2D eigenvalue weighted by Crippen LogP contribution is 2.23. The quantitative estimate of drug-likeness (QED) is 0.622. The van der Waals surface area contributed by atoms with E-state index >= 15 is 0 Å². The Morgan fingerprint density at radius 1 is 1.30 bits per heavy atom. The maximum Gasteiger partial charge on any atom is 0.391 e. The Balaban J connectivity index is 3.47. The van der Waals surface area contributed by atoms with Crippen molar-refractivity contribution in [1.29, 1.82) is 0 Å². The van der Waals surface area contributed by atoms with E-state index in [4.69, 9.17) is 5.11 Å². The number of aliphatic hydroxyl groups is 1. The minimum atomic E-state index is -4.46. The molecule has 0 amide bonds. The second-order valence-corrected chi connectivity index (χ2v) is 1.93. The molecule has 1 nitrogen and oxygen atoms in total. The summed E-state index contributed by atoms with van der Waals surface area (Å²) in [7, 11) is 0. The van der Waals surface area contributed by atoms with Crippen molar-refractivity contribution in [3.8, 4) is 0 Å². The molecule has 0 spiro atoms. The SMILES string of the molecule is OCCC(F)CC(F)(F)F. The molecule has 0 bridgehead atoms. The second kappa shape index (κ2) is 3.75. The standard InChI is InChI=1S/C5H8F4O/c6-4(1-2-10)3-5(7,8)9/h4,10H,1-3H2. The molecule has 0 aromatic rings. The molecule has 62 valence electrons. The van der Waals surface area contributed by atoms with E-state index in [-0.39, 0.29) is 0 Å². The Bertz CT molecular complexity index is 90.1. The van der Waals surface area contributed by atoms with Crippen LogP contribution in [-0.2, 0) is 0 Å². The molecular formula is C5H8F4O. The molecule has 0 aliphatic rings. The van der Waals surface area contributed by atoms with Gasteiger partial charge in [0.05, 0.1) is 6.42 Å². The minimum Gasteiger partial charge on any atom is -0.396 e. The topological polar surface area (TPSA) is 20.2 Å². The maximum absolute atomic E-state index is 12.0. The third-order valence-corrected chi connectivity index (χ3v) is 0.895. The fraction of sp³-hybridized carbons (Fsp3) is 1.00. The van der Waals surface area contributed by atoms with Crippen molar-refractivity contribution in [2.45, 2.75) is 25.2 Å². The van der Waals surface area contributed by atoms with Crippen LogP contribution in [0.4, 0.5) is 17.6 Å². The lowest BCUT2D eigenvalue weighted by Gasteiger charge is -2.08. The van der Waals surface area contributed by atoms with E-state index in [1.165, 1.54) is 0 Å². The third kappa shape index (κ3) is 5.81. The fourth-order valence-electron chi connectivity index (χ4n) is 0.493. The average molecular weight is 160 g/mol. The van der Waals surface area contributed by atoms with E-state index in [1.807, 2.05) is 0 Å². The Kier molecular flexibility index (Phi) is 3.63. The van der Waals surface area contributed by atoms with E-state index in [0.29, 0.717) is 0 Å². The molecule has 0 fully saturated rings. The van der Waals surface area contributed by atoms with Crippen LogP contribution < -0.4 is 0 Å². The van der Waals surface area contributed by atoms with Crippen LogP contribution in [0.1, 0.15) is 12.8 Å². The summed E-state index contributed by atoms with van der Waals surface area (Å²) >= 11 is 0. The largest absolute Gasteiger partial charge is 0.396 e. The van der Waals surface area contributed by atoms with Crippen molar-refractivity contribution >= 4 is 0 Å². The van der Waals surface area contributed by atoms with Crippen LogP contribution in [0.15, 0.2) is 0 Å². The number of alkyl halides is 4. The van der Waals surface area contributed by atoms with Crippen LogP contribution in [0.5, 0.6) is 0 Å². The van der Waals surface area contributed by atoms with Crippen molar-refractivity contribution in [3.63, 3.8) is 0 Å². The molecule has 0 aliphatic carbocycles. The average Bonchev–Trinajstić information content (AvgIpc) is 1.59. The minimum absolute atomic E-state index is 0.445. The van der Waals surface area contributed by atoms with Gasteiger partial charge >= 0.3 is 6.18 Å². The molecule has 0 saturated carbocycles. The monoisotopic (exact) mass is 160 g/mol.